The third-order valence-corrected chi connectivity index (χ3v) is 7.97. The van der Waals surface area contributed by atoms with Crippen LogP contribution >= 0.6 is 0 Å². The first-order valence-electron chi connectivity index (χ1n) is 11.8. The third kappa shape index (κ3) is 3.27. The number of aromatic hydroxyl groups is 3. The number of ketones is 1. The molecule has 3 aromatic carbocycles. The van der Waals surface area contributed by atoms with Crippen molar-refractivity contribution in [3.63, 3.8) is 0 Å². The number of Topliss-reactive ketones (excluding diaryl/α,β-unsaturated/α-hetero) is 1. The molecule has 0 spiro atoms. The molecule has 6 atom stereocenters. The van der Waals surface area contributed by atoms with Gasteiger partial charge in [-0.25, -0.2) is 0 Å². The number of phenolic OH excluding ortho intramolecular Hbond substituents is 3. The number of primary amides is 1. The smallest absolute Gasteiger partial charge is 0.230 e. The van der Waals surface area contributed by atoms with Crippen molar-refractivity contribution in [2.75, 3.05) is 14.1 Å². The summed E-state index contributed by atoms with van der Waals surface area (Å²) in [7, 11) is 3.15. The van der Waals surface area contributed by atoms with Crippen LogP contribution < -0.4 is 5.73 Å². The Labute approximate surface area is 211 Å². The lowest BCUT2D eigenvalue weighted by molar-refractivity contribution is -0.200. The first-order chi connectivity index (χ1) is 17.4. The van der Waals surface area contributed by atoms with E-state index in [4.69, 9.17) is 5.73 Å². The van der Waals surface area contributed by atoms with Crippen LogP contribution in [0, 0.1) is 11.8 Å². The van der Waals surface area contributed by atoms with E-state index in [1.54, 1.807) is 44.4 Å². The average molecular weight is 509 g/mol. The SMILES string of the molecule is CN(C)[C@H]1C(O)C(C(N)=O)C(=O)[C@]2(O)C(O)c3c(c(O)c4c(-c5ccccc5)ccc(O)c4c3O)C[C@H]12. The van der Waals surface area contributed by atoms with Gasteiger partial charge in [0.2, 0.25) is 5.91 Å². The number of benzene rings is 3. The summed E-state index contributed by atoms with van der Waals surface area (Å²) in [6.07, 6.45) is -3.92. The molecule has 37 heavy (non-hydrogen) atoms. The Kier molecular flexibility index (Phi) is 5.68. The van der Waals surface area contributed by atoms with E-state index in [0.717, 1.165) is 0 Å². The van der Waals surface area contributed by atoms with Crippen LogP contribution in [0.25, 0.3) is 21.9 Å². The van der Waals surface area contributed by atoms with E-state index in [9.17, 15) is 40.2 Å². The highest BCUT2D eigenvalue weighted by molar-refractivity contribution is 6.10. The number of amides is 1. The summed E-state index contributed by atoms with van der Waals surface area (Å²) < 4.78 is 0. The molecule has 0 saturated heterocycles. The molecular weight excluding hydrogens is 480 g/mol. The normalized spacial score (nSPS) is 29.2. The number of rotatable bonds is 3. The summed E-state index contributed by atoms with van der Waals surface area (Å²) >= 11 is 0. The van der Waals surface area contributed by atoms with E-state index in [1.165, 1.54) is 11.0 Å². The Bertz CT molecular complexity index is 1440. The lowest BCUT2D eigenvalue weighted by atomic mass is 9.57. The lowest BCUT2D eigenvalue weighted by Gasteiger charge is -2.54. The van der Waals surface area contributed by atoms with Gasteiger partial charge in [-0.3, -0.25) is 9.59 Å². The Balaban J connectivity index is 1.83. The number of carbonyl (C=O) groups is 2. The van der Waals surface area contributed by atoms with Crippen molar-refractivity contribution in [2.24, 2.45) is 17.6 Å². The number of aliphatic hydroxyl groups is 3. The molecule has 194 valence electrons. The Morgan fingerprint density at radius 3 is 2.24 bits per heavy atom. The summed E-state index contributed by atoms with van der Waals surface area (Å²) in [4.78, 5) is 27.1. The molecular formula is C27H28N2O8. The standard InChI is InChI=1S/C27H28N2O8/c1-29(2)20-14-10-13-17(24(34)27(14,37)25(35)19(23(20)33)26(28)36)22(32)18-15(30)9-8-12(16(18)21(13)31)11-6-4-3-5-7-11/h3-9,14,19-20,23-24,30-34,37H,10H2,1-2H3,(H2,28,36)/t14-,19?,20-,23?,24?,27-/m1/s1. The highest BCUT2D eigenvalue weighted by Crippen LogP contribution is 2.57. The summed E-state index contributed by atoms with van der Waals surface area (Å²) in [6.45, 7) is 0. The molecule has 1 amide bonds. The second kappa shape index (κ2) is 8.42. The molecule has 2 aliphatic rings. The molecule has 10 heteroatoms. The number of nitrogens with two attached hydrogens (primary N) is 1. The van der Waals surface area contributed by atoms with Crippen molar-refractivity contribution in [1.82, 2.24) is 4.90 Å². The van der Waals surface area contributed by atoms with E-state index in [-0.39, 0.29) is 34.1 Å². The zero-order valence-electron chi connectivity index (χ0n) is 20.2. The number of aliphatic hydroxyl groups excluding tert-OH is 2. The molecule has 8 N–H and O–H groups in total. The summed E-state index contributed by atoms with van der Waals surface area (Å²) in [5.74, 6) is -6.68. The fourth-order valence-corrected chi connectivity index (χ4v) is 6.29. The molecule has 5 rings (SSSR count). The van der Waals surface area contributed by atoms with Crippen molar-refractivity contribution < 1.29 is 40.2 Å². The van der Waals surface area contributed by atoms with E-state index in [1.807, 2.05) is 6.07 Å². The largest absolute Gasteiger partial charge is 0.507 e. The molecule has 0 radical (unpaired) electrons. The predicted molar refractivity (Wildman–Crippen MR) is 133 cm³/mol. The van der Waals surface area contributed by atoms with Crippen LogP contribution in [-0.2, 0) is 16.0 Å². The summed E-state index contributed by atoms with van der Waals surface area (Å²) in [5.41, 5.74) is 3.68. The Morgan fingerprint density at radius 1 is 1.00 bits per heavy atom. The van der Waals surface area contributed by atoms with Gasteiger partial charge in [-0.15, -0.1) is 0 Å². The first-order valence-corrected chi connectivity index (χ1v) is 11.8. The van der Waals surface area contributed by atoms with Gasteiger partial charge in [0.05, 0.1) is 11.5 Å². The van der Waals surface area contributed by atoms with Crippen LogP contribution in [0.5, 0.6) is 17.2 Å². The van der Waals surface area contributed by atoms with Crippen LogP contribution in [0.15, 0.2) is 42.5 Å². The maximum absolute atomic E-state index is 13.4. The molecule has 10 nitrogen and oxygen atoms in total. The predicted octanol–water partition coefficient (Wildman–Crippen LogP) is 0.536. The first kappa shape index (κ1) is 25.0. The highest BCUT2D eigenvalue weighted by atomic mass is 16.4. The zero-order chi connectivity index (χ0) is 27.0. The molecule has 0 aromatic heterocycles. The molecule has 0 aliphatic heterocycles. The van der Waals surface area contributed by atoms with Crippen molar-refractivity contribution in [2.45, 2.75) is 30.3 Å². The van der Waals surface area contributed by atoms with E-state index >= 15 is 0 Å². The topological polar surface area (TPSA) is 185 Å². The molecule has 2 aliphatic carbocycles. The van der Waals surface area contributed by atoms with Crippen LogP contribution in [0.4, 0.5) is 0 Å². The van der Waals surface area contributed by atoms with Gasteiger partial charge in [0, 0.05) is 28.5 Å². The van der Waals surface area contributed by atoms with Gasteiger partial charge in [-0.1, -0.05) is 30.3 Å². The number of phenols is 3. The lowest BCUT2D eigenvalue weighted by Crippen LogP contribution is -2.71. The number of likely N-dealkylation sites (N-methyl/N-ethyl adjacent to an activating group) is 1. The van der Waals surface area contributed by atoms with E-state index in [2.05, 4.69) is 0 Å². The van der Waals surface area contributed by atoms with Gasteiger partial charge >= 0.3 is 0 Å². The van der Waals surface area contributed by atoms with Crippen LogP contribution in [-0.4, -0.2) is 79.1 Å². The number of fused-ring (bicyclic) bond motifs is 3. The third-order valence-electron chi connectivity index (χ3n) is 7.97. The van der Waals surface area contributed by atoms with Gasteiger partial charge in [-0.05, 0) is 43.8 Å². The molecule has 0 bridgehead atoms. The van der Waals surface area contributed by atoms with Crippen LogP contribution in [0.3, 0.4) is 0 Å². The fourth-order valence-electron chi connectivity index (χ4n) is 6.29. The molecule has 1 saturated carbocycles. The number of carbonyl (C=O) groups excluding carboxylic acids is 2. The minimum absolute atomic E-state index is 0.0549. The van der Waals surface area contributed by atoms with Gasteiger partial charge in [-0.2, -0.15) is 0 Å². The summed E-state index contributed by atoms with van der Waals surface area (Å²) in [6, 6.07) is 10.9. The number of hydrogen-bond acceptors (Lipinski definition) is 9. The zero-order valence-corrected chi connectivity index (χ0v) is 20.2. The Hall–Kier alpha value is -3.70. The molecule has 1 fully saturated rings. The van der Waals surface area contributed by atoms with Gasteiger partial charge < -0.3 is 41.3 Å². The van der Waals surface area contributed by atoms with Crippen molar-refractivity contribution in [3.05, 3.63) is 53.6 Å². The molecule has 3 aromatic rings. The number of hydrogen-bond donors (Lipinski definition) is 7. The summed E-state index contributed by atoms with van der Waals surface area (Å²) in [5, 5.41) is 67.6. The molecule has 0 heterocycles. The van der Waals surface area contributed by atoms with Gasteiger partial charge in [0.25, 0.3) is 0 Å². The quantitative estimate of drug-likeness (QED) is 0.196. The van der Waals surface area contributed by atoms with Crippen LogP contribution in [0.1, 0.15) is 17.2 Å². The van der Waals surface area contributed by atoms with Crippen molar-refractivity contribution in [1.29, 1.82) is 0 Å². The Morgan fingerprint density at radius 2 is 1.65 bits per heavy atom. The molecule has 3 unspecified atom stereocenters. The minimum atomic E-state index is -2.62. The van der Waals surface area contributed by atoms with Crippen LogP contribution in [0.2, 0.25) is 0 Å². The van der Waals surface area contributed by atoms with E-state index < -0.39 is 58.9 Å². The average Bonchev–Trinajstić information content (AvgIpc) is 2.84. The van der Waals surface area contributed by atoms with E-state index in [0.29, 0.717) is 11.1 Å². The highest BCUT2D eigenvalue weighted by Gasteiger charge is 2.66. The maximum Gasteiger partial charge on any atom is 0.230 e. The maximum atomic E-state index is 13.4. The fraction of sp³-hybridized carbons (Fsp3) is 0.333. The second-order valence-corrected chi connectivity index (χ2v) is 10.1. The van der Waals surface area contributed by atoms with Crippen molar-refractivity contribution >= 4 is 22.5 Å². The van der Waals surface area contributed by atoms with Crippen molar-refractivity contribution in [3.8, 4) is 28.4 Å². The minimum Gasteiger partial charge on any atom is -0.507 e. The monoisotopic (exact) mass is 508 g/mol. The number of nitrogens with zero attached hydrogens (tertiary/aromatic N) is 1. The second-order valence-electron chi connectivity index (χ2n) is 10.1. The van der Waals surface area contributed by atoms with Gasteiger partial charge in [0.15, 0.2) is 11.4 Å². The van der Waals surface area contributed by atoms with Gasteiger partial charge in [0.1, 0.15) is 29.3 Å².